The molecule has 1 fully saturated rings. The molecule has 3 heterocycles. The molecule has 1 unspecified atom stereocenters. The summed E-state index contributed by atoms with van der Waals surface area (Å²) < 4.78 is 3.48. The molecule has 0 spiro atoms. The fourth-order valence-electron chi connectivity index (χ4n) is 3.61. The minimum atomic E-state index is -0.389. The van der Waals surface area contributed by atoms with Crippen LogP contribution in [-0.4, -0.2) is 48.8 Å². The molecule has 8 heteroatoms. The van der Waals surface area contributed by atoms with Crippen molar-refractivity contribution in [3.63, 3.8) is 0 Å². The second-order valence-corrected chi connectivity index (χ2v) is 6.78. The smallest absolute Gasteiger partial charge is 0.330 e. The van der Waals surface area contributed by atoms with Crippen molar-refractivity contribution in [3.8, 4) is 0 Å². The highest BCUT2D eigenvalue weighted by atomic mass is 16.3. The predicted octanol–water partition coefficient (Wildman–Crippen LogP) is 0.521. The third-order valence-corrected chi connectivity index (χ3v) is 5.01. The summed E-state index contributed by atoms with van der Waals surface area (Å²) in [4.78, 5) is 33.9. The second kappa shape index (κ2) is 7.53. The van der Waals surface area contributed by atoms with Crippen LogP contribution in [0.2, 0.25) is 0 Å². The van der Waals surface area contributed by atoms with Gasteiger partial charge in [-0.1, -0.05) is 13.3 Å². The van der Waals surface area contributed by atoms with E-state index >= 15 is 0 Å². The quantitative estimate of drug-likeness (QED) is 0.760. The van der Waals surface area contributed by atoms with Gasteiger partial charge in [0.25, 0.3) is 5.56 Å². The molecule has 1 saturated heterocycles. The summed E-state index contributed by atoms with van der Waals surface area (Å²) in [5.74, 6) is 1.11. The number of nitrogens with one attached hydrogen (secondary N) is 1. The van der Waals surface area contributed by atoms with Crippen molar-refractivity contribution in [1.82, 2.24) is 24.0 Å². The summed E-state index contributed by atoms with van der Waals surface area (Å²) in [5, 5.41) is 9.32. The van der Waals surface area contributed by atoms with Crippen molar-refractivity contribution in [2.24, 2.45) is 5.92 Å². The van der Waals surface area contributed by atoms with Gasteiger partial charge in [-0.15, -0.1) is 0 Å². The first-order valence-electron chi connectivity index (χ1n) is 9.14. The number of aromatic amines is 1. The zero-order valence-electron chi connectivity index (χ0n) is 15.0. The number of aliphatic hydroxyl groups excluding tert-OH is 1. The topological polar surface area (TPSA) is 96.2 Å². The Bertz CT molecular complexity index is 850. The molecule has 3 rings (SSSR count). The Hall–Kier alpha value is -1.93. The van der Waals surface area contributed by atoms with E-state index in [0.29, 0.717) is 36.7 Å². The van der Waals surface area contributed by atoms with E-state index in [4.69, 9.17) is 0 Å². The fourth-order valence-corrected chi connectivity index (χ4v) is 3.61. The number of aryl methyl sites for hydroxylation is 2. The zero-order valence-corrected chi connectivity index (χ0v) is 15.0. The number of fused-ring (bicyclic) bond motifs is 1. The van der Waals surface area contributed by atoms with Crippen LogP contribution in [0.1, 0.15) is 38.9 Å². The first-order chi connectivity index (χ1) is 12.1. The van der Waals surface area contributed by atoms with Gasteiger partial charge < -0.3 is 9.67 Å². The predicted molar refractivity (Wildman–Crippen MR) is 95.7 cm³/mol. The van der Waals surface area contributed by atoms with E-state index in [-0.39, 0.29) is 17.9 Å². The maximum absolute atomic E-state index is 12.4. The number of hydrogen-bond donors (Lipinski definition) is 2. The third-order valence-electron chi connectivity index (χ3n) is 5.01. The van der Waals surface area contributed by atoms with E-state index in [1.807, 2.05) is 11.5 Å². The minimum Gasteiger partial charge on any atom is -0.396 e. The second-order valence-electron chi connectivity index (χ2n) is 6.78. The van der Waals surface area contributed by atoms with Crippen LogP contribution in [0.15, 0.2) is 9.59 Å². The van der Waals surface area contributed by atoms with Gasteiger partial charge in [-0.3, -0.25) is 19.2 Å². The number of nitrogens with zero attached hydrogens (tertiary/aromatic N) is 4. The van der Waals surface area contributed by atoms with E-state index in [2.05, 4.69) is 21.8 Å². The molecule has 0 saturated carbocycles. The average molecular weight is 349 g/mol. The molecule has 25 heavy (non-hydrogen) atoms. The number of aromatic nitrogens is 4. The molecular formula is C17H27N5O3. The molecule has 0 aromatic carbocycles. The van der Waals surface area contributed by atoms with Crippen molar-refractivity contribution in [3.05, 3.63) is 26.7 Å². The standard InChI is InChI=1S/C17H27N5O3/c1-3-5-7-22-15-14(16(24)19-17(22)25)21(4-2)13(18-15)10-20-8-6-12(9-20)11-23/h12,23H,3-11H2,1-2H3,(H,19,24,25). The number of rotatable bonds is 7. The van der Waals surface area contributed by atoms with Crippen LogP contribution in [0.4, 0.5) is 0 Å². The van der Waals surface area contributed by atoms with Crippen LogP contribution in [0, 0.1) is 5.92 Å². The van der Waals surface area contributed by atoms with Crippen molar-refractivity contribution >= 4 is 11.2 Å². The van der Waals surface area contributed by atoms with Crippen molar-refractivity contribution in [2.45, 2.75) is 52.7 Å². The highest BCUT2D eigenvalue weighted by Gasteiger charge is 2.25. The number of unbranched alkanes of at least 4 members (excludes halogenated alkanes) is 1. The lowest BCUT2D eigenvalue weighted by Gasteiger charge is -2.15. The Morgan fingerprint density at radius 3 is 2.72 bits per heavy atom. The first-order valence-corrected chi connectivity index (χ1v) is 9.14. The zero-order chi connectivity index (χ0) is 18.0. The van der Waals surface area contributed by atoms with Crippen molar-refractivity contribution < 1.29 is 5.11 Å². The van der Waals surface area contributed by atoms with Gasteiger partial charge in [0.15, 0.2) is 11.2 Å². The van der Waals surface area contributed by atoms with E-state index in [9.17, 15) is 14.7 Å². The summed E-state index contributed by atoms with van der Waals surface area (Å²) in [6.07, 6.45) is 2.80. The van der Waals surface area contributed by atoms with Gasteiger partial charge in [0.05, 0.1) is 6.54 Å². The van der Waals surface area contributed by atoms with E-state index in [0.717, 1.165) is 38.2 Å². The van der Waals surface area contributed by atoms with Crippen LogP contribution in [0.3, 0.4) is 0 Å². The maximum atomic E-state index is 12.4. The summed E-state index contributed by atoms with van der Waals surface area (Å²) in [6, 6.07) is 0. The number of likely N-dealkylation sites (tertiary alicyclic amines) is 1. The fraction of sp³-hybridized carbons (Fsp3) is 0.706. The minimum absolute atomic E-state index is 0.205. The van der Waals surface area contributed by atoms with Gasteiger partial charge in [-0.2, -0.15) is 0 Å². The number of hydrogen-bond acceptors (Lipinski definition) is 5. The highest BCUT2D eigenvalue weighted by molar-refractivity contribution is 5.70. The Morgan fingerprint density at radius 2 is 2.08 bits per heavy atom. The molecule has 0 aliphatic carbocycles. The van der Waals surface area contributed by atoms with Crippen molar-refractivity contribution in [1.29, 1.82) is 0 Å². The van der Waals surface area contributed by atoms with Crippen LogP contribution < -0.4 is 11.2 Å². The SMILES string of the molecule is CCCCn1c(=O)[nH]c(=O)c2c1nc(CN1CCC(CO)C1)n2CC. The van der Waals surface area contributed by atoms with Crippen molar-refractivity contribution in [2.75, 3.05) is 19.7 Å². The lowest BCUT2D eigenvalue weighted by molar-refractivity contribution is 0.218. The van der Waals surface area contributed by atoms with Crippen LogP contribution in [0.5, 0.6) is 0 Å². The molecule has 0 amide bonds. The molecular weight excluding hydrogens is 322 g/mol. The van der Waals surface area contributed by atoms with Crippen LogP contribution in [-0.2, 0) is 19.6 Å². The Labute approximate surface area is 146 Å². The Balaban J connectivity index is 2.03. The van der Waals surface area contributed by atoms with E-state index < -0.39 is 0 Å². The molecule has 1 aliphatic rings. The van der Waals surface area contributed by atoms with Crippen LogP contribution >= 0.6 is 0 Å². The summed E-state index contributed by atoms with van der Waals surface area (Å²) in [5.41, 5.74) is 0.200. The lowest BCUT2D eigenvalue weighted by atomic mass is 10.1. The molecule has 8 nitrogen and oxygen atoms in total. The van der Waals surface area contributed by atoms with E-state index in [1.165, 1.54) is 0 Å². The number of aliphatic hydroxyl groups is 1. The van der Waals surface area contributed by atoms with Gasteiger partial charge in [-0.05, 0) is 32.2 Å². The molecule has 0 bridgehead atoms. The molecule has 1 aliphatic heterocycles. The molecule has 2 N–H and O–H groups in total. The lowest BCUT2D eigenvalue weighted by Crippen LogP contribution is -2.31. The van der Waals surface area contributed by atoms with E-state index in [1.54, 1.807) is 4.57 Å². The highest BCUT2D eigenvalue weighted by Crippen LogP contribution is 2.20. The van der Waals surface area contributed by atoms with Gasteiger partial charge in [0, 0.05) is 26.2 Å². The summed E-state index contributed by atoms with van der Waals surface area (Å²) in [6.45, 7) is 7.80. The van der Waals surface area contributed by atoms with Gasteiger partial charge >= 0.3 is 5.69 Å². The average Bonchev–Trinajstić information content (AvgIpc) is 3.19. The number of H-pyrrole nitrogens is 1. The Kier molecular flexibility index (Phi) is 5.39. The molecule has 2 aromatic heterocycles. The van der Waals surface area contributed by atoms with Gasteiger partial charge in [0.1, 0.15) is 5.82 Å². The number of imidazole rings is 1. The largest absolute Gasteiger partial charge is 0.396 e. The third kappa shape index (κ3) is 3.41. The summed E-state index contributed by atoms with van der Waals surface area (Å²) in [7, 11) is 0. The Morgan fingerprint density at radius 1 is 1.28 bits per heavy atom. The monoisotopic (exact) mass is 349 g/mol. The normalized spacial score (nSPS) is 18.4. The molecule has 0 radical (unpaired) electrons. The molecule has 2 aromatic rings. The summed E-state index contributed by atoms with van der Waals surface area (Å²) >= 11 is 0. The van der Waals surface area contributed by atoms with Gasteiger partial charge in [-0.25, -0.2) is 9.78 Å². The first kappa shape index (κ1) is 17.9. The van der Waals surface area contributed by atoms with Crippen LogP contribution in [0.25, 0.3) is 11.2 Å². The molecule has 1 atom stereocenters. The molecule has 138 valence electrons. The van der Waals surface area contributed by atoms with Gasteiger partial charge in [0.2, 0.25) is 0 Å². The maximum Gasteiger partial charge on any atom is 0.330 e.